The summed E-state index contributed by atoms with van der Waals surface area (Å²) in [6.45, 7) is 0.589. The maximum Gasteiger partial charge on any atom is 0.256 e. The average molecular weight is 674 g/mol. The monoisotopic (exact) mass is 673 g/mol. The van der Waals surface area contributed by atoms with Crippen molar-refractivity contribution in [2.45, 2.75) is 77.1 Å². The minimum absolute atomic E-state index is 0.0228. The molecule has 1 fully saturated rings. The van der Waals surface area contributed by atoms with Crippen LogP contribution < -0.4 is 14.2 Å². The second-order valence-corrected chi connectivity index (χ2v) is 12.4. The van der Waals surface area contributed by atoms with Crippen LogP contribution in [0.1, 0.15) is 88.4 Å². The van der Waals surface area contributed by atoms with Crippen molar-refractivity contribution < 1.29 is 44.3 Å². The summed E-state index contributed by atoms with van der Waals surface area (Å²) in [6.07, 6.45) is 6.24. The van der Waals surface area contributed by atoms with Crippen LogP contribution in [0.5, 0.6) is 17.2 Å². The molecule has 0 saturated carbocycles. The number of aliphatic hydroxyl groups excluding tert-OH is 4. The Bertz CT molecular complexity index is 1700. The number of hydrogen-bond acceptors (Lipinski definition) is 11. The Labute approximate surface area is 285 Å². The molecule has 3 aromatic rings. The summed E-state index contributed by atoms with van der Waals surface area (Å²) >= 11 is 0. The third kappa shape index (κ3) is 7.42. The van der Waals surface area contributed by atoms with E-state index in [0.29, 0.717) is 76.1 Å². The van der Waals surface area contributed by atoms with Crippen molar-refractivity contribution in [3.05, 3.63) is 81.4 Å². The third-order valence-electron chi connectivity index (χ3n) is 9.32. The van der Waals surface area contributed by atoms with Crippen molar-refractivity contribution in [3.8, 4) is 17.2 Å². The fraction of sp³-hybridized carbons (Fsp3) is 0.432. The molecule has 1 unspecified atom stereocenters. The van der Waals surface area contributed by atoms with Crippen molar-refractivity contribution in [2.24, 2.45) is 10.1 Å². The lowest BCUT2D eigenvalue weighted by atomic mass is 9.94. The normalized spacial score (nSPS) is 18.1. The molecule has 49 heavy (non-hydrogen) atoms. The number of oxime groups is 1. The van der Waals surface area contributed by atoms with Crippen LogP contribution in [0.2, 0.25) is 0 Å². The number of ether oxygens (including phenoxy) is 3. The molecule has 3 heterocycles. The molecule has 12 heteroatoms. The van der Waals surface area contributed by atoms with Crippen molar-refractivity contribution in [2.75, 3.05) is 26.9 Å². The summed E-state index contributed by atoms with van der Waals surface area (Å²) in [4.78, 5) is 25.3. The SMILES string of the molecule is COc1ccc(C2CC(c3cc(CO)c(CO)c(CO)c3)=NO2)cc1OCCCCCOc1cc2c(cc1CO)C(=O)N1CCC[C@H]1C=N2. The molecule has 0 spiro atoms. The summed E-state index contributed by atoms with van der Waals surface area (Å²) in [7, 11) is 1.59. The highest BCUT2D eigenvalue weighted by Gasteiger charge is 2.32. The Kier molecular flexibility index (Phi) is 11.1. The van der Waals surface area contributed by atoms with E-state index in [2.05, 4.69) is 10.1 Å². The van der Waals surface area contributed by atoms with E-state index in [0.717, 1.165) is 49.8 Å². The lowest BCUT2D eigenvalue weighted by Crippen LogP contribution is -2.35. The van der Waals surface area contributed by atoms with Gasteiger partial charge in [-0.15, -0.1) is 0 Å². The largest absolute Gasteiger partial charge is 0.493 e. The van der Waals surface area contributed by atoms with Gasteiger partial charge in [0.05, 0.1) is 69.8 Å². The number of fused-ring (bicyclic) bond motifs is 2. The van der Waals surface area contributed by atoms with Gasteiger partial charge in [0.1, 0.15) is 5.75 Å². The standard InChI is InChI=1S/C37H43N3O9/c1-46-33-8-7-23(35-16-31(39-49-35)24-12-25(19-41)30(22-44)26(13-24)20-42)15-36(33)48-11-4-2-3-10-47-34-17-32-29(14-27(34)21-43)37(45)40-9-5-6-28(40)18-38-32/h7-8,12-15,17-18,28,35,41-44H,2-6,9-11,16,19-22H2,1H3/t28-,35?/m0/s1. The first kappa shape index (κ1) is 34.4. The first-order chi connectivity index (χ1) is 24.0. The van der Waals surface area contributed by atoms with E-state index < -0.39 is 0 Å². The van der Waals surface area contributed by atoms with E-state index >= 15 is 0 Å². The molecule has 2 atom stereocenters. The summed E-state index contributed by atoms with van der Waals surface area (Å²) in [5.41, 5.74) is 5.52. The zero-order valence-electron chi connectivity index (χ0n) is 27.6. The van der Waals surface area contributed by atoms with E-state index in [1.165, 1.54) is 0 Å². The molecule has 1 amide bonds. The molecule has 4 N–H and O–H groups in total. The Hall–Kier alpha value is -4.49. The highest BCUT2D eigenvalue weighted by atomic mass is 16.6. The van der Waals surface area contributed by atoms with Crippen LogP contribution >= 0.6 is 0 Å². The van der Waals surface area contributed by atoms with Gasteiger partial charge in [-0.25, -0.2) is 0 Å². The van der Waals surface area contributed by atoms with Crippen molar-refractivity contribution >= 4 is 23.5 Å². The Balaban J connectivity index is 1.00. The van der Waals surface area contributed by atoms with Crippen LogP contribution in [0.25, 0.3) is 0 Å². The average Bonchev–Trinajstić information content (AvgIpc) is 3.81. The predicted molar refractivity (Wildman–Crippen MR) is 182 cm³/mol. The molecule has 0 aliphatic carbocycles. The number of nitrogens with zero attached hydrogens (tertiary/aromatic N) is 3. The van der Waals surface area contributed by atoms with Gasteiger partial charge in [0.15, 0.2) is 17.6 Å². The molecular formula is C37H43N3O9. The summed E-state index contributed by atoms with van der Waals surface area (Å²) in [5.74, 6) is 1.69. The lowest BCUT2D eigenvalue weighted by Gasteiger charge is -2.20. The fourth-order valence-corrected chi connectivity index (χ4v) is 6.60. The maximum atomic E-state index is 13.1. The summed E-state index contributed by atoms with van der Waals surface area (Å²) < 4.78 is 17.7. The van der Waals surface area contributed by atoms with E-state index in [1.54, 1.807) is 31.4 Å². The molecule has 12 nitrogen and oxygen atoms in total. The van der Waals surface area contributed by atoms with Gasteiger partial charge >= 0.3 is 0 Å². The Morgan fingerprint density at radius 2 is 1.59 bits per heavy atom. The van der Waals surface area contributed by atoms with Crippen LogP contribution in [0.3, 0.4) is 0 Å². The number of hydrogen-bond donors (Lipinski definition) is 4. The second kappa shape index (κ2) is 15.8. The number of carbonyl (C=O) groups is 1. The van der Waals surface area contributed by atoms with Gasteiger partial charge in [-0.3, -0.25) is 9.79 Å². The number of aliphatic imine (C=N–C) groups is 1. The van der Waals surface area contributed by atoms with Crippen molar-refractivity contribution in [3.63, 3.8) is 0 Å². The highest BCUT2D eigenvalue weighted by Crippen LogP contribution is 2.37. The molecule has 0 radical (unpaired) electrons. The second-order valence-electron chi connectivity index (χ2n) is 12.4. The first-order valence-electron chi connectivity index (χ1n) is 16.7. The zero-order valence-corrected chi connectivity index (χ0v) is 27.6. The minimum Gasteiger partial charge on any atom is -0.493 e. The van der Waals surface area contributed by atoms with E-state index in [1.807, 2.05) is 29.3 Å². The lowest BCUT2D eigenvalue weighted by molar-refractivity contribution is 0.0774. The molecule has 6 rings (SSSR count). The number of rotatable bonds is 15. The Morgan fingerprint density at radius 1 is 0.857 bits per heavy atom. The number of unbranched alkanes of at least 4 members (excludes halogenated alkanes) is 2. The third-order valence-corrected chi connectivity index (χ3v) is 9.32. The molecule has 3 aromatic carbocycles. The minimum atomic E-state index is -0.356. The number of methoxy groups -OCH3 is 1. The molecule has 1 saturated heterocycles. The van der Waals surface area contributed by atoms with Gasteiger partial charge < -0.3 is 44.4 Å². The molecular weight excluding hydrogens is 630 g/mol. The molecule has 3 aliphatic heterocycles. The quantitative estimate of drug-likeness (QED) is 0.171. The van der Waals surface area contributed by atoms with Crippen LogP contribution in [-0.4, -0.2) is 76.1 Å². The number of amides is 1. The van der Waals surface area contributed by atoms with Gasteiger partial charge in [0, 0.05) is 36.4 Å². The van der Waals surface area contributed by atoms with Gasteiger partial charge in [0.25, 0.3) is 5.91 Å². The maximum absolute atomic E-state index is 13.1. The number of benzene rings is 3. The van der Waals surface area contributed by atoms with Crippen LogP contribution in [0, 0.1) is 0 Å². The topological polar surface area (TPSA) is 163 Å². The van der Waals surface area contributed by atoms with Crippen LogP contribution in [0.15, 0.2) is 52.6 Å². The number of carbonyl (C=O) groups excluding carboxylic acids is 1. The van der Waals surface area contributed by atoms with Crippen molar-refractivity contribution in [1.82, 2.24) is 4.90 Å². The smallest absolute Gasteiger partial charge is 0.256 e. The van der Waals surface area contributed by atoms with Crippen LogP contribution in [-0.2, 0) is 31.3 Å². The van der Waals surface area contributed by atoms with Gasteiger partial charge in [-0.1, -0.05) is 11.2 Å². The van der Waals surface area contributed by atoms with Gasteiger partial charge in [-0.2, -0.15) is 0 Å². The van der Waals surface area contributed by atoms with Gasteiger partial charge in [-0.05, 0) is 84.7 Å². The summed E-state index contributed by atoms with van der Waals surface area (Å²) in [6, 6.07) is 12.7. The van der Waals surface area contributed by atoms with E-state index in [4.69, 9.17) is 19.0 Å². The van der Waals surface area contributed by atoms with Crippen molar-refractivity contribution in [1.29, 1.82) is 0 Å². The predicted octanol–water partition coefficient (Wildman–Crippen LogP) is 4.48. The molecule has 0 aromatic heterocycles. The fourth-order valence-electron chi connectivity index (χ4n) is 6.60. The Morgan fingerprint density at radius 3 is 2.29 bits per heavy atom. The highest BCUT2D eigenvalue weighted by molar-refractivity contribution is 6.03. The van der Waals surface area contributed by atoms with Crippen LogP contribution in [0.4, 0.5) is 5.69 Å². The zero-order chi connectivity index (χ0) is 34.3. The summed E-state index contributed by atoms with van der Waals surface area (Å²) in [5, 5.41) is 43.6. The molecule has 0 bridgehead atoms. The first-order valence-corrected chi connectivity index (χ1v) is 16.7. The number of aliphatic hydroxyl groups is 4. The van der Waals surface area contributed by atoms with E-state index in [-0.39, 0.29) is 44.5 Å². The van der Waals surface area contributed by atoms with E-state index in [9.17, 15) is 25.2 Å². The van der Waals surface area contributed by atoms with Gasteiger partial charge in [0.2, 0.25) is 0 Å². The molecule has 3 aliphatic rings. The molecule has 260 valence electrons.